The van der Waals surface area contributed by atoms with Crippen LogP contribution in [0.4, 0.5) is 0 Å². The Bertz CT molecular complexity index is 807. The van der Waals surface area contributed by atoms with Gasteiger partial charge in [-0.15, -0.1) is 4.89 Å². The second-order valence-corrected chi connectivity index (χ2v) is 7.90. The maximum atomic E-state index is 11.2. The van der Waals surface area contributed by atoms with Gasteiger partial charge in [0.1, 0.15) is 0 Å². The molecule has 0 aliphatic rings. The highest BCUT2D eigenvalue weighted by Gasteiger charge is 2.33. The average Bonchev–Trinajstić information content (AvgIpc) is 2.54. The average molecular weight is 383 g/mol. The molecular weight excluding hydrogens is 363 g/mol. The Hall–Kier alpha value is -1.63. The largest absolute Gasteiger partial charge is 0.696 e. The number of hydrogen-bond acceptors (Lipinski definition) is 4. The molecule has 134 valence electrons. The van der Waals surface area contributed by atoms with Crippen molar-refractivity contribution in [2.24, 2.45) is 0 Å². The highest BCUT2D eigenvalue weighted by atomic mass is 32.2. The van der Waals surface area contributed by atoms with Crippen LogP contribution in [0, 0.1) is 0 Å². The first-order valence-corrected chi connectivity index (χ1v) is 10.4. The summed E-state index contributed by atoms with van der Waals surface area (Å²) in [4.78, 5) is 8.69. The first-order valence-electron chi connectivity index (χ1n) is 7.75. The van der Waals surface area contributed by atoms with Crippen molar-refractivity contribution in [1.29, 1.82) is 0 Å². The second kappa shape index (κ2) is 9.17. The van der Waals surface area contributed by atoms with Crippen molar-refractivity contribution >= 4 is 18.4 Å². The van der Waals surface area contributed by atoms with Gasteiger partial charge in [-0.1, -0.05) is 59.1 Å². The summed E-state index contributed by atoms with van der Waals surface area (Å²) >= 11 is 0. The number of rotatable bonds is 9. The zero-order valence-corrected chi connectivity index (χ0v) is 15.2. The zero-order valence-electron chi connectivity index (χ0n) is 13.5. The molecule has 2 atom stereocenters. The van der Waals surface area contributed by atoms with Crippen LogP contribution in [-0.4, -0.2) is 23.3 Å². The van der Waals surface area contributed by atoms with Gasteiger partial charge >= 0.3 is 8.25 Å². The highest BCUT2D eigenvalue weighted by Crippen LogP contribution is 2.24. The highest BCUT2D eigenvalue weighted by molar-refractivity contribution is 7.86. The Morgan fingerprint density at radius 1 is 1.00 bits per heavy atom. The summed E-state index contributed by atoms with van der Waals surface area (Å²) in [5.74, 6) is 0. The Morgan fingerprint density at radius 3 is 2.28 bits per heavy atom. The van der Waals surface area contributed by atoms with Gasteiger partial charge < -0.3 is 0 Å². The molecular formula is C17H20O6PS+. The van der Waals surface area contributed by atoms with Crippen molar-refractivity contribution in [2.75, 3.05) is 0 Å². The van der Waals surface area contributed by atoms with Crippen LogP contribution in [0.5, 0.6) is 0 Å². The van der Waals surface area contributed by atoms with E-state index < -0.39 is 23.8 Å². The van der Waals surface area contributed by atoms with Gasteiger partial charge in [0.05, 0.1) is 0 Å². The van der Waals surface area contributed by atoms with Crippen molar-refractivity contribution in [3.05, 3.63) is 71.3 Å². The van der Waals surface area contributed by atoms with Crippen LogP contribution in [0.15, 0.2) is 54.6 Å². The summed E-state index contributed by atoms with van der Waals surface area (Å²) in [7, 11) is -7.63. The lowest BCUT2D eigenvalue weighted by Gasteiger charge is -2.08. The van der Waals surface area contributed by atoms with Gasteiger partial charge in [-0.3, -0.25) is 4.55 Å². The van der Waals surface area contributed by atoms with E-state index in [1.807, 2.05) is 42.5 Å². The molecule has 25 heavy (non-hydrogen) atoms. The third-order valence-corrected chi connectivity index (χ3v) is 5.26. The Morgan fingerprint density at radius 2 is 1.64 bits per heavy atom. The van der Waals surface area contributed by atoms with E-state index in [0.717, 1.165) is 17.5 Å². The molecule has 0 spiro atoms. The number of aryl methyl sites for hydroxylation is 1. The van der Waals surface area contributed by atoms with E-state index in [1.165, 1.54) is 5.56 Å². The van der Waals surface area contributed by atoms with Crippen molar-refractivity contribution < 1.29 is 27.0 Å². The smallest absolute Gasteiger partial charge is 0.283 e. The fourth-order valence-electron chi connectivity index (χ4n) is 2.56. The van der Waals surface area contributed by atoms with Crippen LogP contribution in [0.2, 0.25) is 0 Å². The monoisotopic (exact) mass is 383 g/mol. The second-order valence-electron chi connectivity index (χ2n) is 5.66. The van der Waals surface area contributed by atoms with E-state index >= 15 is 0 Å². The molecule has 0 radical (unpaired) electrons. The van der Waals surface area contributed by atoms with Crippen molar-refractivity contribution in [1.82, 2.24) is 0 Å². The lowest BCUT2D eigenvalue weighted by atomic mass is 10.0. The third kappa shape index (κ3) is 7.02. The van der Waals surface area contributed by atoms with Gasteiger partial charge in [0.2, 0.25) is 5.44 Å². The molecule has 0 aliphatic heterocycles. The molecule has 0 saturated heterocycles. The molecule has 0 bridgehead atoms. The lowest BCUT2D eigenvalue weighted by Crippen LogP contribution is -2.21. The Labute approximate surface area is 148 Å². The molecule has 8 heteroatoms. The molecule has 2 aromatic carbocycles. The molecule has 2 rings (SSSR count). The van der Waals surface area contributed by atoms with Gasteiger partial charge in [-0.05, 0) is 42.4 Å². The maximum absolute atomic E-state index is 11.2. The van der Waals surface area contributed by atoms with E-state index in [2.05, 4.69) is 16.7 Å². The predicted molar refractivity (Wildman–Crippen MR) is 94.9 cm³/mol. The van der Waals surface area contributed by atoms with E-state index in [9.17, 15) is 13.0 Å². The Kier molecular flexibility index (Phi) is 7.23. The zero-order chi connectivity index (χ0) is 18.3. The van der Waals surface area contributed by atoms with Crippen LogP contribution in [0.25, 0.3) is 0 Å². The molecule has 2 N–H and O–H groups in total. The molecule has 0 fully saturated rings. The maximum Gasteiger partial charge on any atom is 0.696 e. The topological polar surface area (TPSA) is 101 Å². The Balaban J connectivity index is 1.94. The summed E-state index contributed by atoms with van der Waals surface area (Å²) in [5.41, 5.74) is 1.68. The molecule has 2 aromatic rings. The van der Waals surface area contributed by atoms with Crippen molar-refractivity contribution in [2.45, 2.75) is 31.1 Å². The summed E-state index contributed by atoms with van der Waals surface area (Å²) in [6.07, 6.45) is 1.70. The van der Waals surface area contributed by atoms with Crippen molar-refractivity contribution in [3.63, 3.8) is 0 Å². The third-order valence-electron chi connectivity index (χ3n) is 3.69. The summed E-state index contributed by atoms with van der Waals surface area (Å²) in [6.45, 7) is 0. The quantitative estimate of drug-likeness (QED) is 0.508. The summed E-state index contributed by atoms with van der Waals surface area (Å²) in [6, 6.07) is 18.0. The summed E-state index contributed by atoms with van der Waals surface area (Å²) < 4.78 is 46.4. The van der Waals surface area contributed by atoms with E-state index in [4.69, 9.17) is 9.45 Å². The standard InChI is InChI=1S/C17H19O6PS/c18-24(19)23-17(25(20,21)22)11-5-9-15-8-4-10-16(13-15)12-14-6-2-1-3-7-14/h1-4,6-8,10,13,17H,5,9,11-12H2,(H-,18,19,20,21,22)/p+1. The molecule has 6 nitrogen and oxygen atoms in total. The molecule has 0 heterocycles. The van der Waals surface area contributed by atoms with Gasteiger partial charge in [-0.25, -0.2) is 0 Å². The first kappa shape index (κ1) is 19.7. The fourth-order valence-corrected chi connectivity index (χ4v) is 3.98. The normalized spacial score (nSPS) is 13.4. The SMILES string of the molecule is O=[P+](O)OC(CCCc1cccc(Cc2ccccc2)c1)S(=O)(=O)O. The van der Waals surface area contributed by atoms with E-state index in [1.54, 1.807) is 0 Å². The molecule has 0 aromatic heterocycles. The molecule has 0 amide bonds. The van der Waals surface area contributed by atoms with Crippen molar-refractivity contribution in [3.8, 4) is 0 Å². The summed E-state index contributed by atoms with van der Waals surface area (Å²) in [5, 5.41) is 0. The molecule has 2 unspecified atom stereocenters. The molecule has 0 saturated carbocycles. The van der Waals surface area contributed by atoms with Gasteiger partial charge in [0, 0.05) is 4.57 Å². The molecule has 0 aliphatic carbocycles. The van der Waals surface area contributed by atoms with Gasteiger partial charge in [0.25, 0.3) is 10.1 Å². The number of benzene rings is 2. The van der Waals surface area contributed by atoms with E-state index in [-0.39, 0.29) is 6.42 Å². The fraction of sp³-hybridized carbons (Fsp3) is 0.294. The van der Waals surface area contributed by atoms with Crippen LogP contribution in [0.3, 0.4) is 0 Å². The lowest BCUT2D eigenvalue weighted by molar-refractivity contribution is 0.225. The minimum absolute atomic E-state index is 0.0661. The van der Waals surface area contributed by atoms with Crippen LogP contribution in [-0.2, 0) is 32.0 Å². The van der Waals surface area contributed by atoms with Gasteiger partial charge in [-0.2, -0.15) is 8.42 Å². The minimum Gasteiger partial charge on any atom is -0.283 e. The van der Waals surface area contributed by atoms with E-state index in [0.29, 0.717) is 12.8 Å². The van der Waals surface area contributed by atoms with Crippen LogP contribution >= 0.6 is 8.25 Å². The van der Waals surface area contributed by atoms with Gasteiger partial charge in [0.15, 0.2) is 0 Å². The van der Waals surface area contributed by atoms with Crippen LogP contribution in [0.1, 0.15) is 29.5 Å². The predicted octanol–water partition coefficient (Wildman–Crippen LogP) is 3.48. The number of hydrogen-bond donors (Lipinski definition) is 2. The first-order chi connectivity index (χ1) is 11.8. The minimum atomic E-state index is -4.53. The van der Waals surface area contributed by atoms with Crippen LogP contribution < -0.4 is 0 Å².